The highest BCUT2D eigenvalue weighted by atomic mass is 16.5. The summed E-state index contributed by atoms with van der Waals surface area (Å²) in [4.78, 5) is 17.8. The van der Waals surface area contributed by atoms with Crippen LogP contribution in [0.4, 0.5) is 0 Å². The third-order valence-corrected chi connectivity index (χ3v) is 5.03. The number of nitrogens with one attached hydrogen (secondary N) is 1. The van der Waals surface area contributed by atoms with E-state index in [2.05, 4.69) is 34.4 Å². The number of fused-ring (bicyclic) bond motifs is 1. The molecule has 0 aliphatic rings. The van der Waals surface area contributed by atoms with Crippen LogP contribution >= 0.6 is 0 Å². The fourth-order valence-electron chi connectivity index (χ4n) is 3.48. The van der Waals surface area contributed by atoms with Crippen LogP contribution in [0.1, 0.15) is 36.3 Å². The molecule has 3 aromatic heterocycles. The van der Waals surface area contributed by atoms with Crippen LogP contribution in [-0.4, -0.2) is 32.4 Å². The van der Waals surface area contributed by atoms with Crippen molar-refractivity contribution in [2.24, 2.45) is 13.0 Å². The molecule has 1 aromatic carbocycles. The predicted molar refractivity (Wildman–Crippen MR) is 116 cm³/mol. The molecule has 0 fully saturated rings. The summed E-state index contributed by atoms with van der Waals surface area (Å²) in [5.74, 6) is 0.345. The summed E-state index contributed by atoms with van der Waals surface area (Å²) >= 11 is 0. The second kappa shape index (κ2) is 8.10. The Balaban J connectivity index is 1.86. The van der Waals surface area contributed by atoms with Gasteiger partial charge in [-0.3, -0.25) is 9.48 Å². The van der Waals surface area contributed by atoms with Gasteiger partial charge in [-0.25, -0.2) is 4.98 Å². The molecule has 0 aliphatic carbocycles. The van der Waals surface area contributed by atoms with E-state index in [9.17, 15) is 4.79 Å². The van der Waals surface area contributed by atoms with E-state index in [0.717, 1.165) is 23.2 Å². The molecule has 7 nitrogen and oxygen atoms in total. The Morgan fingerprint density at radius 1 is 1.23 bits per heavy atom. The minimum absolute atomic E-state index is 0.161. The maximum Gasteiger partial charge on any atom is 0.259 e. The minimum Gasteiger partial charge on any atom is -0.352 e. The number of benzene rings is 1. The Labute approximate surface area is 175 Å². The summed E-state index contributed by atoms with van der Waals surface area (Å²) in [6, 6.07) is 11.5. The van der Waals surface area contributed by atoms with Crippen molar-refractivity contribution in [1.29, 1.82) is 0 Å². The lowest BCUT2D eigenvalue weighted by atomic mass is 10.0. The van der Waals surface area contributed by atoms with E-state index in [-0.39, 0.29) is 5.91 Å². The summed E-state index contributed by atoms with van der Waals surface area (Å²) in [7, 11) is 1.86. The number of aryl methyl sites for hydroxylation is 2. The van der Waals surface area contributed by atoms with Gasteiger partial charge in [0, 0.05) is 30.9 Å². The number of pyridine rings is 1. The van der Waals surface area contributed by atoms with Crippen molar-refractivity contribution >= 4 is 17.0 Å². The first kappa shape index (κ1) is 19.8. The summed E-state index contributed by atoms with van der Waals surface area (Å²) in [5.41, 5.74) is 4.65. The molecular formula is C23H25N5O2. The topological polar surface area (TPSA) is 85.8 Å². The third-order valence-electron chi connectivity index (χ3n) is 5.03. The van der Waals surface area contributed by atoms with Crippen LogP contribution in [0, 0.1) is 12.8 Å². The van der Waals surface area contributed by atoms with Crippen LogP contribution in [0.25, 0.3) is 33.6 Å². The molecule has 0 atom stereocenters. The van der Waals surface area contributed by atoms with Crippen LogP contribution in [0.3, 0.4) is 0 Å². The largest absolute Gasteiger partial charge is 0.352 e. The molecule has 1 N–H and O–H groups in total. The molecule has 3 heterocycles. The number of aromatic nitrogens is 4. The van der Waals surface area contributed by atoms with Gasteiger partial charge in [-0.2, -0.15) is 5.10 Å². The highest BCUT2D eigenvalue weighted by molar-refractivity contribution is 6.10. The minimum atomic E-state index is -0.161. The summed E-state index contributed by atoms with van der Waals surface area (Å²) in [6.07, 6.45) is 2.79. The lowest BCUT2D eigenvalue weighted by molar-refractivity contribution is 0.0953. The molecular weight excluding hydrogens is 378 g/mol. The van der Waals surface area contributed by atoms with Crippen molar-refractivity contribution in [1.82, 2.24) is 25.2 Å². The molecule has 30 heavy (non-hydrogen) atoms. The number of hydrogen-bond acceptors (Lipinski definition) is 5. The Kier molecular flexibility index (Phi) is 5.35. The van der Waals surface area contributed by atoms with Crippen molar-refractivity contribution < 1.29 is 9.32 Å². The van der Waals surface area contributed by atoms with Crippen molar-refractivity contribution in [3.05, 3.63) is 53.9 Å². The Bertz CT molecular complexity index is 1190. The highest BCUT2D eigenvalue weighted by Crippen LogP contribution is 2.33. The molecule has 154 valence electrons. The van der Waals surface area contributed by atoms with Crippen molar-refractivity contribution in [3.63, 3.8) is 0 Å². The molecule has 0 saturated heterocycles. The zero-order valence-corrected chi connectivity index (χ0v) is 17.6. The maximum atomic E-state index is 13.2. The van der Waals surface area contributed by atoms with Gasteiger partial charge in [0.15, 0.2) is 0 Å². The number of hydrogen-bond donors (Lipinski definition) is 1. The zero-order valence-electron chi connectivity index (χ0n) is 17.6. The Hall–Kier alpha value is -3.48. The molecule has 0 spiro atoms. The molecule has 0 radical (unpaired) electrons. The number of nitrogens with zero attached hydrogens (tertiary/aromatic N) is 4. The van der Waals surface area contributed by atoms with Crippen molar-refractivity contribution in [2.45, 2.75) is 27.2 Å². The first-order chi connectivity index (χ1) is 14.4. The predicted octanol–water partition coefficient (Wildman–Crippen LogP) is 4.37. The van der Waals surface area contributed by atoms with E-state index in [0.29, 0.717) is 40.5 Å². The SMILES string of the molecule is Cc1nn(C)cc1-c1cc(C(=O)NCCC(C)C)c2c(-c3ccccc3)noc2n1. The zero-order chi connectivity index (χ0) is 21.3. The van der Waals surface area contributed by atoms with Gasteiger partial charge in [0.25, 0.3) is 11.6 Å². The molecule has 0 bridgehead atoms. The molecule has 0 unspecified atom stereocenters. The first-order valence-electron chi connectivity index (χ1n) is 10.1. The van der Waals surface area contributed by atoms with Crippen LogP contribution in [0.5, 0.6) is 0 Å². The van der Waals surface area contributed by atoms with E-state index in [1.807, 2.05) is 50.5 Å². The van der Waals surface area contributed by atoms with E-state index in [4.69, 9.17) is 4.52 Å². The number of rotatable bonds is 6. The highest BCUT2D eigenvalue weighted by Gasteiger charge is 2.23. The maximum absolute atomic E-state index is 13.2. The fourth-order valence-corrected chi connectivity index (χ4v) is 3.48. The molecule has 4 rings (SSSR count). The van der Waals surface area contributed by atoms with E-state index in [1.54, 1.807) is 10.7 Å². The Morgan fingerprint density at radius 3 is 2.67 bits per heavy atom. The summed E-state index contributed by atoms with van der Waals surface area (Å²) < 4.78 is 7.31. The first-order valence-corrected chi connectivity index (χ1v) is 10.1. The van der Waals surface area contributed by atoms with Gasteiger partial charge in [-0.15, -0.1) is 0 Å². The van der Waals surface area contributed by atoms with E-state index >= 15 is 0 Å². The van der Waals surface area contributed by atoms with Gasteiger partial charge in [-0.05, 0) is 25.3 Å². The van der Waals surface area contributed by atoms with Gasteiger partial charge in [0.1, 0.15) is 5.69 Å². The van der Waals surface area contributed by atoms with Crippen molar-refractivity contribution in [2.75, 3.05) is 6.54 Å². The third kappa shape index (κ3) is 3.83. The van der Waals surface area contributed by atoms with Crippen molar-refractivity contribution in [3.8, 4) is 22.5 Å². The second-order valence-corrected chi connectivity index (χ2v) is 7.87. The molecule has 4 aromatic rings. The lowest BCUT2D eigenvalue weighted by Gasteiger charge is -2.10. The molecule has 7 heteroatoms. The molecule has 0 aliphatic heterocycles. The van der Waals surface area contributed by atoms with E-state index in [1.165, 1.54) is 0 Å². The fraction of sp³-hybridized carbons (Fsp3) is 0.304. The van der Waals surface area contributed by atoms with Crippen LogP contribution < -0.4 is 5.32 Å². The molecule has 0 saturated carbocycles. The number of carbonyl (C=O) groups is 1. The van der Waals surface area contributed by atoms with Gasteiger partial charge in [0.2, 0.25) is 0 Å². The van der Waals surface area contributed by atoms with Gasteiger partial charge in [-0.1, -0.05) is 49.3 Å². The quantitative estimate of drug-likeness (QED) is 0.516. The normalized spacial score (nSPS) is 11.4. The standard InChI is InChI=1S/C23H25N5O2/c1-14(2)10-11-24-22(29)17-12-19(18-13-28(4)26-15(18)3)25-23-20(17)21(27-30-23)16-8-6-5-7-9-16/h5-9,12-14H,10-11H2,1-4H3,(H,24,29). The number of carbonyl (C=O) groups excluding carboxylic acids is 1. The Morgan fingerprint density at radius 2 is 2.00 bits per heavy atom. The van der Waals surface area contributed by atoms with Crippen LogP contribution in [-0.2, 0) is 7.05 Å². The van der Waals surface area contributed by atoms with Crippen LogP contribution in [0.2, 0.25) is 0 Å². The van der Waals surface area contributed by atoms with Gasteiger partial charge >= 0.3 is 0 Å². The average Bonchev–Trinajstić information content (AvgIpc) is 3.30. The summed E-state index contributed by atoms with van der Waals surface area (Å²) in [5, 5.41) is 12.3. The van der Waals surface area contributed by atoms with Crippen LogP contribution in [0.15, 0.2) is 47.1 Å². The molecule has 1 amide bonds. The van der Waals surface area contributed by atoms with Gasteiger partial charge < -0.3 is 9.84 Å². The smallest absolute Gasteiger partial charge is 0.259 e. The summed E-state index contributed by atoms with van der Waals surface area (Å²) in [6.45, 7) is 6.79. The monoisotopic (exact) mass is 403 g/mol. The second-order valence-electron chi connectivity index (χ2n) is 7.87. The average molecular weight is 403 g/mol. The number of amides is 1. The lowest BCUT2D eigenvalue weighted by Crippen LogP contribution is -2.25. The van der Waals surface area contributed by atoms with Gasteiger partial charge in [0.05, 0.1) is 22.3 Å². The van der Waals surface area contributed by atoms with E-state index < -0.39 is 0 Å².